The van der Waals surface area contributed by atoms with Crippen LogP contribution < -0.4 is 0 Å². The van der Waals surface area contributed by atoms with Crippen LogP contribution in [0.4, 0.5) is 0 Å². The van der Waals surface area contributed by atoms with E-state index < -0.39 is 0 Å². The van der Waals surface area contributed by atoms with Gasteiger partial charge < -0.3 is 9.47 Å². The third-order valence-corrected chi connectivity index (χ3v) is 5.24. The molecule has 1 aliphatic heterocycles. The van der Waals surface area contributed by atoms with Crippen LogP contribution in [0.25, 0.3) is 0 Å². The minimum absolute atomic E-state index is 0.315. The number of hydrogen-bond acceptors (Lipinski definition) is 2. The molecule has 1 aromatic carbocycles. The quantitative estimate of drug-likeness (QED) is 0.768. The predicted octanol–water partition coefficient (Wildman–Crippen LogP) is 3.85. The lowest BCUT2D eigenvalue weighted by Crippen LogP contribution is -2.44. The number of rotatable bonds is 7. The van der Waals surface area contributed by atoms with Gasteiger partial charge >= 0.3 is 0 Å². The molecule has 2 heterocycles. The highest BCUT2D eigenvalue weighted by Crippen LogP contribution is 2.22. The Kier molecular flexibility index (Phi) is 6.26. The second-order valence-electron chi connectivity index (χ2n) is 6.90. The molecule has 1 amide bonds. The van der Waals surface area contributed by atoms with Crippen LogP contribution in [0, 0.1) is 0 Å². The van der Waals surface area contributed by atoms with Crippen molar-refractivity contribution >= 4 is 5.91 Å². The number of aryl methyl sites for hydroxylation is 3. The van der Waals surface area contributed by atoms with Crippen LogP contribution >= 0.6 is 0 Å². The third-order valence-electron chi connectivity index (χ3n) is 5.24. The van der Waals surface area contributed by atoms with Crippen molar-refractivity contribution < 1.29 is 4.79 Å². The molecule has 1 saturated heterocycles. The number of amides is 1. The number of hydrogen-bond donors (Lipinski definition) is 0. The van der Waals surface area contributed by atoms with Gasteiger partial charge in [0.2, 0.25) is 5.91 Å². The highest BCUT2D eigenvalue weighted by atomic mass is 16.2. The molecule has 134 valence electrons. The lowest BCUT2D eigenvalue weighted by atomic mass is 9.98. The minimum atomic E-state index is 0.315. The van der Waals surface area contributed by atoms with Crippen molar-refractivity contribution in [2.45, 2.75) is 64.5 Å². The van der Waals surface area contributed by atoms with Crippen molar-refractivity contribution in [1.82, 2.24) is 14.5 Å². The highest BCUT2D eigenvalue weighted by Gasteiger charge is 2.26. The van der Waals surface area contributed by atoms with Gasteiger partial charge in [-0.25, -0.2) is 4.98 Å². The van der Waals surface area contributed by atoms with Crippen LogP contribution in [0.15, 0.2) is 42.7 Å². The zero-order valence-electron chi connectivity index (χ0n) is 15.2. The van der Waals surface area contributed by atoms with Gasteiger partial charge in [0.05, 0.1) is 0 Å². The van der Waals surface area contributed by atoms with E-state index in [0.717, 1.165) is 51.0 Å². The molecular weight excluding hydrogens is 310 g/mol. The van der Waals surface area contributed by atoms with Gasteiger partial charge in [-0.05, 0) is 37.7 Å². The summed E-state index contributed by atoms with van der Waals surface area (Å²) in [5.41, 5.74) is 1.25. The zero-order chi connectivity index (χ0) is 17.5. The Morgan fingerprint density at radius 3 is 2.88 bits per heavy atom. The van der Waals surface area contributed by atoms with Gasteiger partial charge in [0.15, 0.2) is 0 Å². The van der Waals surface area contributed by atoms with Crippen LogP contribution in [0.1, 0.15) is 50.4 Å². The highest BCUT2D eigenvalue weighted by molar-refractivity contribution is 5.76. The Labute approximate surface area is 150 Å². The Morgan fingerprint density at radius 1 is 1.24 bits per heavy atom. The first kappa shape index (κ1) is 17.7. The molecule has 0 bridgehead atoms. The maximum absolute atomic E-state index is 12.8. The van der Waals surface area contributed by atoms with E-state index in [1.807, 2.05) is 24.4 Å². The van der Waals surface area contributed by atoms with Crippen LogP contribution in [0.5, 0.6) is 0 Å². The smallest absolute Gasteiger partial charge is 0.223 e. The Morgan fingerprint density at radius 2 is 2.08 bits per heavy atom. The number of piperidine rings is 1. The second-order valence-corrected chi connectivity index (χ2v) is 6.90. The number of nitrogens with zero attached hydrogens (tertiary/aromatic N) is 3. The molecule has 2 aromatic rings. The van der Waals surface area contributed by atoms with Crippen molar-refractivity contribution in [3.63, 3.8) is 0 Å². The van der Waals surface area contributed by atoms with Gasteiger partial charge in [-0.15, -0.1) is 0 Å². The lowest BCUT2D eigenvalue weighted by Gasteiger charge is -2.36. The van der Waals surface area contributed by atoms with Gasteiger partial charge in [-0.3, -0.25) is 4.79 Å². The van der Waals surface area contributed by atoms with Crippen LogP contribution in [0.3, 0.4) is 0 Å². The SMILES string of the molecule is CCc1nccn1CCC1CCCCN1C(=O)CCc1ccccc1. The first-order chi connectivity index (χ1) is 12.3. The largest absolute Gasteiger partial charge is 0.340 e. The van der Waals surface area contributed by atoms with E-state index in [4.69, 9.17) is 0 Å². The average molecular weight is 339 g/mol. The lowest BCUT2D eigenvalue weighted by molar-refractivity contribution is -0.135. The number of benzene rings is 1. The molecule has 1 atom stereocenters. The molecule has 0 spiro atoms. The molecule has 1 fully saturated rings. The summed E-state index contributed by atoms with van der Waals surface area (Å²) in [6, 6.07) is 10.7. The van der Waals surface area contributed by atoms with E-state index >= 15 is 0 Å². The van der Waals surface area contributed by atoms with Crippen LogP contribution in [-0.4, -0.2) is 32.9 Å². The molecule has 4 nitrogen and oxygen atoms in total. The molecule has 1 aliphatic rings. The van der Waals surface area contributed by atoms with Gasteiger partial charge in [0.1, 0.15) is 5.82 Å². The first-order valence-electron chi connectivity index (χ1n) is 9.61. The number of carbonyl (C=O) groups is 1. The summed E-state index contributed by atoms with van der Waals surface area (Å²) >= 11 is 0. The zero-order valence-corrected chi connectivity index (χ0v) is 15.2. The predicted molar refractivity (Wildman–Crippen MR) is 100 cm³/mol. The molecule has 0 radical (unpaired) electrons. The molecule has 0 N–H and O–H groups in total. The second kappa shape index (κ2) is 8.84. The summed E-state index contributed by atoms with van der Waals surface area (Å²) in [6.45, 7) is 4.01. The van der Waals surface area contributed by atoms with Crippen molar-refractivity contribution in [3.8, 4) is 0 Å². The number of carbonyl (C=O) groups excluding carboxylic acids is 1. The van der Waals surface area contributed by atoms with Crippen molar-refractivity contribution in [1.29, 1.82) is 0 Å². The summed E-state index contributed by atoms with van der Waals surface area (Å²) in [4.78, 5) is 19.3. The topological polar surface area (TPSA) is 38.1 Å². The Bertz CT molecular complexity index is 665. The fourth-order valence-electron chi connectivity index (χ4n) is 3.81. The van der Waals surface area contributed by atoms with Gasteiger partial charge in [0, 0.05) is 44.4 Å². The molecular formula is C21H29N3O. The maximum atomic E-state index is 12.8. The van der Waals surface area contributed by atoms with E-state index in [-0.39, 0.29) is 0 Å². The minimum Gasteiger partial charge on any atom is -0.340 e. The van der Waals surface area contributed by atoms with Crippen LogP contribution in [-0.2, 0) is 24.2 Å². The number of imidazole rings is 1. The Balaban J connectivity index is 1.55. The summed E-state index contributed by atoms with van der Waals surface area (Å²) in [5.74, 6) is 1.45. The summed E-state index contributed by atoms with van der Waals surface area (Å²) in [5, 5.41) is 0. The maximum Gasteiger partial charge on any atom is 0.223 e. The monoisotopic (exact) mass is 339 g/mol. The van der Waals surface area contributed by atoms with Crippen molar-refractivity contribution in [2.75, 3.05) is 6.54 Å². The van der Waals surface area contributed by atoms with E-state index in [1.165, 1.54) is 12.0 Å². The molecule has 25 heavy (non-hydrogen) atoms. The third kappa shape index (κ3) is 4.71. The van der Waals surface area contributed by atoms with Crippen molar-refractivity contribution in [2.24, 2.45) is 0 Å². The van der Waals surface area contributed by atoms with Gasteiger partial charge in [0.25, 0.3) is 0 Å². The van der Waals surface area contributed by atoms with E-state index in [9.17, 15) is 4.79 Å². The molecule has 1 aromatic heterocycles. The fraction of sp³-hybridized carbons (Fsp3) is 0.524. The van der Waals surface area contributed by atoms with Gasteiger partial charge in [-0.1, -0.05) is 37.3 Å². The van der Waals surface area contributed by atoms with E-state index in [0.29, 0.717) is 18.4 Å². The molecule has 0 saturated carbocycles. The van der Waals surface area contributed by atoms with Gasteiger partial charge in [-0.2, -0.15) is 0 Å². The van der Waals surface area contributed by atoms with Crippen LogP contribution in [0.2, 0.25) is 0 Å². The normalized spacial score (nSPS) is 17.6. The first-order valence-corrected chi connectivity index (χ1v) is 9.61. The van der Waals surface area contributed by atoms with E-state index in [1.54, 1.807) is 0 Å². The number of aromatic nitrogens is 2. The fourth-order valence-corrected chi connectivity index (χ4v) is 3.81. The molecule has 0 aliphatic carbocycles. The summed E-state index contributed by atoms with van der Waals surface area (Å²) < 4.78 is 2.24. The van der Waals surface area contributed by atoms with E-state index in [2.05, 4.69) is 39.7 Å². The number of likely N-dealkylation sites (tertiary alicyclic amines) is 1. The standard InChI is InChI=1S/C21H29N3O/c1-2-20-22-14-17-23(20)16-13-19-10-6-7-15-24(19)21(25)12-11-18-8-4-3-5-9-18/h3-5,8-9,14,17,19H,2,6-7,10-13,15-16H2,1H3. The summed E-state index contributed by atoms with van der Waals surface area (Å²) in [7, 11) is 0. The summed E-state index contributed by atoms with van der Waals surface area (Å²) in [6.07, 6.45) is 10.9. The molecule has 1 unspecified atom stereocenters. The average Bonchev–Trinajstić information content (AvgIpc) is 3.13. The molecule has 4 heteroatoms. The van der Waals surface area contributed by atoms with Crippen molar-refractivity contribution in [3.05, 3.63) is 54.1 Å². The Hall–Kier alpha value is -2.10. The molecule has 3 rings (SSSR count).